The average Bonchev–Trinajstić information content (AvgIpc) is 3.24. The van der Waals surface area contributed by atoms with Gasteiger partial charge < -0.3 is 5.11 Å². The van der Waals surface area contributed by atoms with Crippen LogP contribution in [0.15, 0.2) is 47.4 Å². The Labute approximate surface area is 169 Å². The number of rotatable bonds is 4. The van der Waals surface area contributed by atoms with E-state index in [9.17, 15) is 18.3 Å². The zero-order valence-electron chi connectivity index (χ0n) is 16.3. The maximum atomic E-state index is 12.9. The predicted molar refractivity (Wildman–Crippen MR) is 112 cm³/mol. The van der Waals surface area contributed by atoms with E-state index in [0.29, 0.717) is 29.7 Å². The number of aromatic carboxylic acids is 1. The minimum atomic E-state index is -3.63. The van der Waals surface area contributed by atoms with Gasteiger partial charge in [-0.1, -0.05) is 17.7 Å². The van der Waals surface area contributed by atoms with Crippen molar-refractivity contribution >= 4 is 26.9 Å². The monoisotopic (exact) mass is 410 g/mol. The van der Waals surface area contributed by atoms with Crippen molar-refractivity contribution in [2.45, 2.75) is 31.6 Å². The van der Waals surface area contributed by atoms with Gasteiger partial charge in [-0.25, -0.2) is 18.2 Å². The number of carboxylic acid groups (broad SMARTS) is 1. The van der Waals surface area contributed by atoms with E-state index in [1.165, 1.54) is 22.5 Å². The van der Waals surface area contributed by atoms with Crippen molar-refractivity contribution in [1.29, 1.82) is 0 Å². The van der Waals surface area contributed by atoms with Gasteiger partial charge in [-0.15, -0.1) is 0 Å². The third-order valence-electron chi connectivity index (χ3n) is 5.38. The number of aryl methyl sites for hydroxylation is 2. The van der Waals surface area contributed by atoms with E-state index >= 15 is 0 Å². The normalized spacial score (nSPS) is 15.1. The lowest BCUT2D eigenvalue weighted by Crippen LogP contribution is -2.27. The van der Waals surface area contributed by atoms with E-state index < -0.39 is 16.0 Å². The van der Waals surface area contributed by atoms with Crippen molar-refractivity contribution in [2.75, 3.05) is 13.1 Å². The van der Waals surface area contributed by atoms with Gasteiger partial charge in [-0.2, -0.15) is 4.31 Å². The summed E-state index contributed by atoms with van der Waals surface area (Å²) in [5.74, 6) is -1.11. The number of nitrogens with zero attached hydrogens (tertiary/aromatic N) is 2. The molecule has 0 aliphatic carbocycles. The van der Waals surface area contributed by atoms with Gasteiger partial charge in [0.1, 0.15) is 0 Å². The molecule has 3 aromatic rings. The highest BCUT2D eigenvalue weighted by Gasteiger charge is 2.28. The first-order valence-corrected chi connectivity index (χ1v) is 11.0. The fourth-order valence-corrected chi connectivity index (χ4v) is 5.31. The Kier molecular flexibility index (Phi) is 4.88. The largest absolute Gasteiger partial charge is 0.478 e. The maximum Gasteiger partial charge on any atom is 0.336 e. The van der Waals surface area contributed by atoms with Crippen LogP contribution in [0.1, 0.15) is 34.3 Å². The second-order valence-electron chi connectivity index (χ2n) is 7.47. The number of aromatic nitrogens is 1. The first-order valence-electron chi connectivity index (χ1n) is 9.53. The van der Waals surface area contributed by atoms with Gasteiger partial charge in [0.25, 0.3) is 0 Å². The van der Waals surface area contributed by atoms with Gasteiger partial charge in [0.15, 0.2) is 0 Å². The molecular formula is C22H22N2O4S. The second kappa shape index (κ2) is 7.24. The summed E-state index contributed by atoms with van der Waals surface area (Å²) >= 11 is 0. The summed E-state index contributed by atoms with van der Waals surface area (Å²) in [6.07, 6.45) is 1.68. The van der Waals surface area contributed by atoms with E-state index in [-0.39, 0.29) is 10.5 Å². The number of carboxylic acids is 1. The summed E-state index contributed by atoms with van der Waals surface area (Å²) in [6, 6.07) is 12.0. The molecule has 0 amide bonds. The molecule has 1 saturated heterocycles. The zero-order chi connectivity index (χ0) is 20.8. The Hall–Kier alpha value is -2.77. The summed E-state index contributed by atoms with van der Waals surface area (Å²) < 4.78 is 27.2. The van der Waals surface area contributed by atoms with Crippen molar-refractivity contribution in [3.63, 3.8) is 0 Å². The van der Waals surface area contributed by atoms with E-state index in [0.717, 1.165) is 29.5 Å². The van der Waals surface area contributed by atoms with Crippen LogP contribution in [0.4, 0.5) is 0 Å². The molecule has 4 rings (SSSR count). The molecule has 7 heteroatoms. The van der Waals surface area contributed by atoms with Crippen LogP contribution in [0.2, 0.25) is 0 Å². The minimum Gasteiger partial charge on any atom is -0.478 e. The number of hydrogen-bond acceptors (Lipinski definition) is 4. The molecule has 1 aliphatic heterocycles. The molecule has 1 aliphatic rings. The second-order valence-corrected chi connectivity index (χ2v) is 9.41. The minimum absolute atomic E-state index is 0.0457. The third-order valence-corrected chi connectivity index (χ3v) is 7.28. The van der Waals surface area contributed by atoms with Crippen LogP contribution in [0.5, 0.6) is 0 Å². The molecule has 0 radical (unpaired) electrons. The highest BCUT2D eigenvalue weighted by molar-refractivity contribution is 7.89. The lowest BCUT2D eigenvalue weighted by atomic mass is 9.99. The summed E-state index contributed by atoms with van der Waals surface area (Å²) in [7, 11) is -3.63. The molecule has 1 aromatic heterocycles. The van der Waals surface area contributed by atoms with Gasteiger partial charge in [-0.3, -0.25) is 0 Å². The summed E-state index contributed by atoms with van der Waals surface area (Å²) in [5.41, 5.74) is 3.98. The van der Waals surface area contributed by atoms with Crippen molar-refractivity contribution in [3.8, 4) is 11.3 Å². The standard InChI is InChI=1S/C22H22N2O4S/c1-14-5-6-15(2)17(11-14)21-13-19(22(25)26)18-12-16(7-8-20(18)23-21)29(27,28)24-9-3-4-10-24/h5-8,11-13H,3-4,9-10H2,1-2H3,(H,25,26). The van der Waals surface area contributed by atoms with Crippen molar-refractivity contribution in [2.24, 2.45) is 0 Å². The Morgan fingerprint density at radius 3 is 2.45 bits per heavy atom. The van der Waals surface area contributed by atoms with E-state index in [4.69, 9.17) is 0 Å². The first-order chi connectivity index (χ1) is 13.8. The van der Waals surface area contributed by atoms with Crippen LogP contribution in [0.25, 0.3) is 22.2 Å². The lowest BCUT2D eigenvalue weighted by molar-refractivity contribution is 0.0699. The highest BCUT2D eigenvalue weighted by atomic mass is 32.2. The summed E-state index contributed by atoms with van der Waals surface area (Å²) in [5, 5.41) is 10.1. The molecule has 6 nitrogen and oxygen atoms in total. The molecule has 29 heavy (non-hydrogen) atoms. The number of sulfonamides is 1. The Morgan fingerprint density at radius 1 is 1.03 bits per heavy atom. The fourth-order valence-electron chi connectivity index (χ4n) is 3.77. The molecular weight excluding hydrogens is 388 g/mol. The van der Waals surface area contributed by atoms with Gasteiger partial charge in [0.2, 0.25) is 10.0 Å². The number of pyridine rings is 1. The molecule has 0 saturated carbocycles. The molecule has 2 heterocycles. The Bertz CT molecular complexity index is 1230. The van der Waals surface area contributed by atoms with Crippen LogP contribution in [0, 0.1) is 13.8 Å². The number of carbonyl (C=O) groups is 1. The molecule has 1 N–H and O–H groups in total. The number of hydrogen-bond donors (Lipinski definition) is 1. The Balaban J connectivity index is 1.91. The van der Waals surface area contributed by atoms with Crippen LogP contribution < -0.4 is 0 Å². The van der Waals surface area contributed by atoms with E-state index in [1.54, 1.807) is 6.07 Å². The van der Waals surface area contributed by atoms with Crippen molar-refractivity contribution in [3.05, 3.63) is 59.2 Å². The molecule has 0 unspecified atom stereocenters. The van der Waals surface area contributed by atoms with Crippen LogP contribution in [-0.2, 0) is 10.0 Å². The molecule has 0 atom stereocenters. The molecule has 0 bridgehead atoms. The number of fused-ring (bicyclic) bond motifs is 1. The smallest absolute Gasteiger partial charge is 0.336 e. The summed E-state index contributed by atoms with van der Waals surface area (Å²) in [6.45, 7) is 4.91. The van der Waals surface area contributed by atoms with Gasteiger partial charge in [0, 0.05) is 24.0 Å². The van der Waals surface area contributed by atoms with Crippen molar-refractivity contribution in [1.82, 2.24) is 9.29 Å². The highest BCUT2D eigenvalue weighted by Crippen LogP contribution is 2.30. The molecule has 1 fully saturated rings. The average molecular weight is 410 g/mol. The van der Waals surface area contributed by atoms with Gasteiger partial charge >= 0.3 is 5.97 Å². The van der Waals surface area contributed by atoms with E-state index in [1.807, 2.05) is 32.0 Å². The lowest BCUT2D eigenvalue weighted by Gasteiger charge is -2.16. The fraction of sp³-hybridized carbons (Fsp3) is 0.273. The first kappa shape index (κ1) is 19.5. The van der Waals surface area contributed by atoms with Crippen LogP contribution in [0.3, 0.4) is 0 Å². The topological polar surface area (TPSA) is 87.6 Å². The van der Waals surface area contributed by atoms with Gasteiger partial charge in [0.05, 0.1) is 21.7 Å². The molecule has 0 spiro atoms. The molecule has 2 aromatic carbocycles. The quantitative estimate of drug-likeness (QED) is 0.702. The summed E-state index contributed by atoms with van der Waals surface area (Å²) in [4.78, 5) is 16.7. The third kappa shape index (κ3) is 3.52. The number of benzene rings is 2. The molecule has 150 valence electrons. The zero-order valence-corrected chi connectivity index (χ0v) is 17.2. The van der Waals surface area contributed by atoms with Crippen molar-refractivity contribution < 1.29 is 18.3 Å². The van der Waals surface area contributed by atoms with Crippen LogP contribution >= 0.6 is 0 Å². The maximum absolute atomic E-state index is 12.9. The van der Waals surface area contributed by atoms with Crippen LogP contribution in [-0.4, -0.2) is 41.9 Å². The predicted octanol–water partition coefficient (Wildman–Crippen LogP) is 4.00. The van der Waals surface area contributed by atoms with Gasteiger partial charge in [-0.05, 0) is 62.6 Å². The Morgan fingerprint density at radius 2 is 1.76 bits per heavy atom. The van der Waals surface area contributed by atoms with E-state index in [2.05, 4.69) is 4.98 Å². The SMILES string of the molecule is Cc1ccc(C)c(-c2cc(C(=O)O)c3cc(S(=O)(=O)N4CCCC4)ccc3n2)c1.